The van der Waals surface area contributed by atoms with Gasteiger partial charge in [-0.05, 0) is 35.2 Å². The number of nitrogens with zero attached hydrogens (tertiary/aromatic N) is 4. The van der Waals surface area contributed by atoms with E-state index >= 15 is 0 Å². The minimum absolute atomic E-state index is 0.0105. The summed E-state index contributed by atoms with van der Waals surface area (Å²) in [7, 11) is 0. The van der Waals surface area contributed by atoms with Crippen LogP contribution >= 0.6 is 0 Å². The third kappa shape index (κ3) is 2.58. The number of rotatable bonds is 1. The molecule has 0 unspecified atom stereocenters. The normalized spacial score (nSPS) is 12.3. The number of fused-ring (bicyclic) bond motifs is 4. The lowest BCUT2D eigenvalue weighted by molar-refractivity contribution is 0.465. The summed E-state index contributed by atoms with van der Waals surface area (Å²) in [6, 6.07) is 25.2. The van der Waals surface area contributed by atoms with Gasteiger partial charge < -0.3 is 9.47 Å². The standard InChI is InChI=1S/C24H11BN4O2/c26-12-15-11-18(29-23(13-27)28-15)14-9-21-24-22(10-14)31-20-8-4-2-6-17(20)25(24)16-5-1-3-7-19(16)30-21/h1-11H. The molecule has 0 bridgehead atoms. The molecule has 0 fully saturated rings. The molecule has 0 saturated heterocycles. The number of aromatic nitrogens is 2. The zero-order valence-corrected chi connectivity index (χ0v) is 16.0. The Morgan fingerprint density at radius 2 is 1.32 bits per heavy atom. The van der Waals surface area contributed by atoms with E-state index in [1.807, 2.05) is 60.7 Å². The van der Waals surface area contributed by atoms with Gasteiger partial charge in [-0.3, -0.25) is 0 Å². The minimum Gasteiger partial charge on any atom is -0.458 e. The molecule has 0 amide bonds. The first kappa shape index (κ1) is 17.3. The van der Waals surface area contributed by atoms with E-state index in [1.165, 1.54) is 0 Å². The molecule has 6 nitrogen and oxygen atoms in total. The zero-order valence-electron chi connectivity index (χ0n) is 16.0. The van der Waals surface area contributed by atoms with Gasteiger partial charge in [0.25, 0.3) is 6.71 Å². The molecule has 0 radical (unpaired) electrons. The lowest BCUT2D eigenvalue weighted by Crippen LogP contribution is -2.57. The van der Waals surface area contributed by atoms with Crippen LogP contribution in [0.15, 0.2) is 66.7 Å². The average Bonchev–Trinajstić information content (AvgIpc) is 2.83. The van der Waals surface area contributed by atoms with Crippen molar-refractivity contribution >= 4 is 23.1 Å². The van der Waals surface area contributed by atoms with Gasteiger partial charge in [-0.15, -0.1) is 0 Å². The monoisotopic (exact) mass is 398 g/mol. The predicted octanol–water partition coefficient (Wildman–Crippen LogP) is 2.61. The van der Waals surface area contributed by atoms with Crippen molar-refractivity contribution in [2.75, 3.05) is 0 Å². The van der Waals surface area contributed by atoms with Crippen LogP contribution in [0.4, 0.5) is 0 Å². The highest BCUT2D eigenvalue weighted by molar-refractivity contribution is 6.98. The van der Waals surface area contributed by atoms with Crippen molar-refractivity contribution in [3.63, 3.8) is 0 Å². The maximum Gasteiger partial charge on any atom is 0.260 e. The van der Waals surface area contributed by atoms with Crippen LogP contribution in [0.1, 0.15) is 11.5 Å². The number of para-hydroxylation sites is 2. The molecule has 31 heavy (non-hydrogen) atoms. The number of hydrogen-bond acceptors (Lipinski definition) is 6. The number of benzene rings is 3. The van der Waals surface area contributed by atoms with Crippen LogP contribution in [0.2, 0.25) is 0 Å². The van der Waals surface area contributed by atoms with E-state index in [4.69, 9.17) is 9.47 Å². The van der Waals surface area contributed by atoms with Crippen molar-refractivity contribution in [3.05, 3.63) is 78.2 Å². The second kappa shape index (κ2) is 6.45. The van der Waals surface area contributed by atoms with Gasteiger partial charge in [0.2, 0.25) is 5.82 Å². The van der Waals surface area contributed by atoms with Crippen LogP contribution in [0, 0.1) is 22.7 Å². The van der Waals surface area contributed by atoms with E-state index < -0.39 is 0 Å². The summed E-state index contributed by atoms with van der Waals surface area (Å²) in [6.45, 7) is -0.0105. The van der Waals surface area contributed by atoms with E-state index in [0.717, 1.165) is 27.9 Å². The van der Waals surface area contributed by atoms with E-state index in [9.17, 15) is 10.5 Å². The second-order valence-electron chi connectivity index (χ2n) is 7.28. The van der Waals surface area contributed by atoms with E-state index in [1.54, 1.807) is 6.07 Å². The zero-order chi connectivity index (χ0) is 20.9. The summed E-state index contributed by atoms with van der Waals surface area (Å²) < 4.78 is 12.5. The molecule has 3 aromatic carbocycles. The maximum absolute atomic E-state index is 9.29. The number of nitriles is 2. The molecule has 1 aromatic heterocycles. The first-order valence-electron chi connectivity index (χ1n) is 9.66. The van der Waals surface area contributed by atoms with Gasteiger partial charge >= 0.3 is 0 Å². The van der Waals surface area contributed by atoms with Crippen molar-refractivity contribution in [2.45, 2.75) is 0 Å². The molecule has 6 rings (SSSR count). The van der Waals surface area contributed by atoms with Gasteiger partial charge in [0.05, 0.1) is 5.69 Å². The quantitative estimate of drug-likeness (QED) is 0.396. The molecule has 2 aliphatic heterocycles. The highest BCUT2D eigenvalue weighted by Gasteiger charge is 2.40. The second-order valence-corrected chi connectivity index (χ2v) is 7.28. The lowest BCUT2D eigenvalue weighted by atomic mass is 9.35. The predicted molar refractivity (Wildman–Crippen MR) is 115 cm³/mol. The molecule has 0 N–H and O–H groups in total. The van der Waals surface area contributed by atoms with Crippen LogP contribution in [0.3, 0.4) is 0 Å². The molecule has 142 valence electrons. The Labute approximate surface area is 178 Å². The first-order chi connectivity index (χ1) is 15.2. The van der Waals surface area contributed by atoms with Gasteiger partial charge in [0.15, 0.2) is 0 Å². The molecule has 4 aromatic rings. The largest absolute Gasteiger partial charge is 0.458 e. The van der Waals surface area contributed by atoms with Crippen LogP contribution < -0.4 is 25.9 Å². The van der Waals surface area contributed by atoms with Crippen LogP contribution in [0.25, 0.3) is 11.3 Å². The van der Waals surface area contributed by atoms with Gasteiger partial charge in [-0.2, -0.15) is 10.5 Å². The lowest BCUT2D eigenvalue weighted by Gasteiger charge is -2.33. The molecule has 0 aliphatic carbocycles. The fraction of sp³-hybridized carbons (Fsp3) is 0. The summed E-state index contributed by atoms with van der Waals surface area (Å²) in [5.41, 5.74) is 4.39. The van der Waals surface area contributed by atoms with Crippen molar-refractivity contribution in [2.24, 2.45) is 0 Å². The Kier molecular flexibility index (Phi) is 3.59. The Balaban J connectivity index is 1.61. The van der Waals surface area contributed by atoms with E-state index in [2.05, 4.69) is 22.1 Å². The number of ether oxygens (including phenoxy) is 2. The SMILES string of the molecule is N#Cc1cc(-c2cc3c4c(c2)Oc2ccccc2B4c2ccccc2O3)nc(C#N)n1. The van der Waals surface area contributed by atoms with Crippen LogP contribution in [-0.4, -0.2) is 16.7 Å². The third-order valence-corrected chi connectivity index (χ3v) is 5.53. The summed E-state index contributed by atoms with van der Waals surface area (Å²) in [5.74, 6) is 2.86. The average molecular weight is 398 g/mol. The van der Waals surface area contributed by atoms with Crippen molar-refractivity contribution in [1.29, 1.82) is 10.5 Å². The van der Waals surface area contributed by atoms with Crippen LogP contribution in [0.5, 0.6) is 23.0 Å². The van der Waals surface area contributed by atoms with Gasteiger partial charge in [0, 0.05) is 17.1 Å². The van der Waals surface area contributed by atoms with Crippen LogP contribution in [-0.2, 0) is 0 Å². The Morgan fingerprint density at radius 3 is 1.90 bits per heavy atom. The third-order valence-electron chi connectivity index (χ3n) is 5.53. The molecular formula is C24H11BN4O2. The summed E-state index contributed by atoms with van der Waals surface area (Å²) in [5, 5.41) is 18.5. The fourth-order valence-electron chi connectivity index (χ4n) is 4.24. The Morgan fingerprint density at radius 1 is 0.710 bits per heavy atom. The van der Waals surface area contributed by atoms with Gasteiger partial charge in [0.1, 0.15) is 40.8 Å². The number of hydrogen-bond donors (Lipinski definition) is 0. The molecular weight excluding hydrogens is 387 g/mol. The molecule has 0 spiro atoms. The van der Waals surface area contributed by atoms with E-state index in [-0.39, 0.29) is 18.2 Å². The molecule has 0 saturated carbocycles. The smallest absolute Gasteiger partial charge is 0.260 e. The Hall–Kier alpha value is -4.62. The molecule has 3 heterocycles. The summed E-state index contributed by atoms with van der Waals surface area (Å²) >= 11 is 0. The van der Waals surface area contributed by atoms with E-state index in [0.29, 0.717) is 22.8 Å². The topological polar surface area (TPSA) is 91.8 Å². The highest BCUT2D eigenvalue weighted by Crippen LogP contribution is 2.37. The van der Waals surface area contributed by atoms with Gasteiger partial charge in [-0.1, -0.05) is 36.4 Å². The van der Waals surface area contributed by atoms with Crippen molar-refractivity contribution in [3.8, 4) is 46.4 Å². The molecule has 0 atom stereocenters. The maximum atomic E-state index is 9.29. The molecule has 2 aliphatic rings. The Bertz CT molecular complexity index is 1380. The summed E-state index contributed by atoms with van der Waals surface area (Å²) in [6.07, 6.45) is 0. The molecule has 7 heteroatoms. The fourth-order valence-corrected chi connectivity index (χ4v) is 4.24. The highest BCUT2D eigenvalue weighted by atomic mass is 16.5. The minimum atomic E-state index is -0.0594. The van der Waals surface area contributed by atoms with Gasteiger partial charge in [-0.25, -0.2) is 9.97 Å². The first-order valence-corrected chi connectivity index (χ1v) is 9.66. The summed E-state index contributed by atoms with van der Waals surface area (Å²) in [4.78, 5) is 8.20. The van der Waals surface area contributed by atoms with Crippen molar-refractivity contribution < 1.29 is 9.47 Å². The van der Waals surface area contributed by atoms with Crippen molar-refractivity contribution in [1.82, 2.24) is 9.97 Å².